The van der Waals surface area contributed by atoms with Crippen LogP contribution in [-0.2, 0) is 9.59 Å². The van der Waals surface area contributed by atoms with Crippen molar-refractivity contribution in [1.29, 1.82) is 0 Å². The van der Waals surface area contributed by atoms with E-state index in [4.69, 9.17) is 9.84 Å². The molecule has 2 N–H and O–H groups in total. The van der Waals surface area contributed by atoms with E-state index >= 15 is 0 Å². The fourth-order valence-electron chi connectivity index (χ4n) is 4.29. The van der Waals surface area contributed by atoms with Gasteiger partial charge in [0.1, 0.15) is 12.4 Å². The fraction of sp³-hybridized carbons (Fsp3) is 0.462. The molecule has 1 aliphatic carbocycles. The zero-order valence-corrected chi connectivity index (χ0v) is 18.5. The van der Waals surface area contributed by atoms with Crippen LogP contribution in [0.15, 0.2) is 54.1 Å². The molecular formula is C26H32N2O4. The van der Waals surface area contributed by atoms with Crippen molar-refractivity contribution in [3.8, 4) is 5.75 Å². The van der Waals surface area contributed by atoms with Crippen molar-refractivity contribution in [2.24, 2.45) is 0 Å². The van der Waals surface area contributed by atoms with Crippen LogP contribution in [0.4, 0.5) is 0 Å². The number of unbranched alkanes of at least 4 members (excludes halogenated alkanes) is 2. The zero-order valence-electron chi connectivity index (χ0n) is 18.5. The molecule has 1 unspecified atom stereocenters. The first kappa shape index (κ1) is 22.3. The lowest BCUT2D eigenvalue weighted by Gasteiger charge is -2.17. The highest BCUT2D eigenvalue weighted by atomic mass is 16.5. The average molecular weight is 437 g/mol. The summed E-state index contributed by atoms with van der Waals surface area (Å²) in [5.74, 6) is -0.131. The summed E-state index contributed by atoms with van der Waals surface area (Å²) < 4.78 is 5.99. The number of aliphatic carboxylic acids is 1. The third kappa shape index (κ3) is 6.33. The molecule has 2 aromatic rings. The minimum atomic E-state index is -0.784. The van der Waals surface area contributed by atoms with E-state index in [9.17, 15) is 9.59 Å². The van der Waals surface area contributed by atoms with Gasteiger partial charge in [-0.05, 0) is 61.4 Å². The molecule has 2 fully saturated rings. The van der Waals surface area contributed by atoms with Crippen molar-refractivity contribution in [3.63, 3.8) is 0 Å². The lowest BCUT2D eigenvalue weighted by Crippen LogP contribution is -2.39. The maximum Gasteiger partial charge on any atom is 0.303 e. The van der Waals surface area contributed by atoms with Crippen LogP contribution in [0.25, 0.3) is 10.8 Å². The number of allylic oxidation sites excluding steroid dienone is 1. The Bertz CT molecular complexity index is 983. The van der Waals surface area contributed by atoms with Crippen molar-refractivity contribution < 1.29 is 19.4 Å². The number of ether oxygens (including phenoxy) is 1. The van der Waals surface area contributed by atoms with E-state index in [1.807, 2.05) is 42.5 Å². The number of benzene rings is 2. The number of rotatable bonds is 11. The molecule has 6 nitrogen and oxygen atoms in total. The number of fused-ring (bicyclic) bond motifs is 1. The number of carboxylic acids is 1. The maximum absolute atomic E-state index is 13.0. The number of carbonyl (C=O) groups is 2. The summed E-state index contributed by atoms with van der Waals surface area (Å²) in [5.41, 5.74) is 0.610. The Kier molecular flexibility index (Phi) is 7.43. The first-order chi connectivity index (χ1) is 15.6. The second-order valence-corrected chi connectivity index (χ2v) is 8.85. The van der Waals surface area contributed by atoms with Gasteiger partial charge in [-0.1, -0.05) is 36.4 Å². The number of carbonyl (C=O) groups excluding carboxylic acids is 1. The van der Waals surface area contributed by atoms with Gasteiger partial charge in [-0.3, -0.25) is 14.5 Å². The second kappa shape index (κ2) is 10.6. The van der Waals surface area contributed by atoms with Crippen molar-refractivity contribution in [3.05, 3.63) is 54.1 Å². The van der Waals surface area contributed by atoms with Crippen LogP contribution in [0.2, 0.25) is 0 Å². The first-order valence-corrected chi connectivity index (χ1v) is 11.7. The van der Waals surface area contributed by atoms with Gasteiger partial charge in [0.05, 0.1) is 5.57 Å². The smallest absolute Gasteiger partial charge is 0.303 e. The number of hydrogen-bond acceptors (Lipinski definition) is 4. The van der Waals surface area contributed by atoms with Gasteiger partial charge in [0.2, 0.25) is 0 Å². The van der Waals surface area contributed by atoms with Gasteiger partial charge in [0.15, 0.2) is 0 Å². The van der Waals surface area contributed by atoms with E-state index in [1.165, 1.54) is 12.8 Å². The van der Waals surface area contributed by atoms with E-state index in [0.717, 1.165) is 48.5 Å². The molecule has 4 rings (SSSR count). The number of amides is 1. The van der Waals surface area contributed by atoms with Crippen LogP contribution in [0.1, 0.15) is 44.9 Å². The topological polar surface area (TPSA) is 78.9 Å². The molecule has 0 spiro atoms. The van der Waals surface area contributed by atoms with Crippen LogP contribution >= 0.6 is 0 Å². The molecule has 1 saturated carbocycles. The minimum absolute atomic E-state index is 0.0772. The van der Waals surface area contributed by atoms with Crippen molar-refractivity contribution >= 4 is 22.6 Å². The Morgan fingerprint density at radius 3 is 2.69 bits per heavy atom. The van der Waals surface area contributed by atoms with Crippen LogP contribution in [0.3, 0.4) is 0 Å². The van der Waals surface area contributed by atoms with Gasteiger partial charge in [-0.25, -0.2) is 0 Å². The lowest BCUT2D eigenvalue weighted by molar-refractivity contribution is -0.137. The molecule has 1 heterocycles. The van der Waals surface area contributed by atoms with Crippen molar-refractivity contribution in [2.75, 3.05) is 19.7 Å². The number of nitrogens with one attached hydrogen (secondary N) is 1. The highest BCUT2D eigenvalue weighted by molar-refractivity contribution is 5.94. The quantitative estimate of drug-likeness (QED) is 0.409. The highest BCUT2D eigenvalue weighted by Crippen LogP contribution is 2.30. The molecule has 0 bridgehead atoms. The van der Waals surface area contributed by atoms with Gasteiger partial charge in [0.25, 0.3) is 5.91 Å². The fourth-order valence-corrected chi connectivity index (χ4v) is 4.29. The Morgan fingerprint density at radius 1 is 1.09 bits per heavy atom. The van der Waals surface area contributed by atoms with E-state index in [0.29, 0.717) is 18.4 Å². The van der Waals surface area contributed by atoms with Gasteiger partial charge < -0.3 is 15.2 Å². The van der Waals surface area contributed by atoms with Gasteiger partial charge >= 0.3 is 5.97 Å². The molecule has 6 heteroatoms. The molecular weight excluding hydrogens is 404 g/mol. The molecule has 1 amide bonds. The molecule has 1 saturated heterocycles. The average Bonchev–Trinajstić information content (AvgIpc) is 3.54. The summed E-state index contributed by atoms with van der Waals surface area (Å²) >= 11 is 0. The summed E-state index contributed by atoms with van der Waals surface area (Å²) in [5, 5.41) is 14.3. The maximum atomic E-state index is 13.0. The standard InChI is InChI=1S/C26H32N2O4/c29-25(30)9-3-1-2-8-21(26(31)27-22-14-15-28(17-22)23-11-12-23)18-32-24-13-10-19-6-4-5-7-20(19)16-24/h4-8,10,13,16,22-23H,1-3,9,11-12,14-15,17-18H2,(H,27,31)(H,29,30)/b21-8+. The van der Waals surface area contributed by atoms with E-state index in [-0.39, 0.29) is 25.0 Å². The molecule has 32 heavy (non-hydrogen) atoms. The van der Waals surface area contributed by atoms with Crippen LogP contribution in [0, 0.1) is 0 Å². The van der Waals surface area contributed by atoms with Crippen molar-refractivity contribution in [2.45, 2.75) is 57.0 Å². The lowest BCUT2D eigenvalue weighted by atomic mass is 10.1. The molecule has 0 radical (unpaired) electrons. The molecule has 2 aromatic carbocycles. The van der Waals surface area contributed by atoms with E-state index in [1.54, 1.807) is 0 Å². The number of hydrogen-bond donors (Lipinski definition) is 2. The number of likely N-dealkylation sites (tertiary alicyclic amines) is 1. The monoisotopic (exact) mass is 436 g/mol. The Balaban J connectivity index is 1.36. The van der Waals surface area contributed by atoms with Crippen LogP contribution in [0.5, 0.6) is 5.75 Å². The largest absolute Gasteiger partial charge is 0.489 e. The van der Waals surface area contributed by atoms with E-state index in [2.05, 4.69) is 16.3 Å². The molecule has 0 aromatic heterocycles. The summed E-state index contributed by atoms with van der Waals surface area (Å²) in [7, 11) is 0. The third-order valence-electron chi connectivity index (χ3n) is 6.26. The van der Waals surface area contributed by atoms with Gasteiger partial charge in [0, 0.05) is 31.6 Å². The predicted octanol–water partition coefficient (Wildman–Crippen LogP) is 4.14. The summed E-state index contributed by atoms with van der Waals surface area (Å²) in [6, 6.07) is 14.9. The Hall–Kier alpha value is -2.86. The second-order valence-electron chi connectivity index (χ2n) is 8.85. The molecule has 1 atom stereocenters. The van der Waals surface area contributed by atoms with Gasteiger partial charge in [-0.15, -0.1) is 0 Å². The number of nitrogens with zero attached hydrogens (tertiary/aromatic N) is 1. The Labute approximate surface area is 189 Å². The van der Waals surface area contributed by atoms with Crippen LogP contribution < -0.4 is 10.1 Å². The van der Waals surface area contributed by atoms with Crippen LogP contribution in [-0.4, -0.2) is 53.7 Å². The summed E-state index contributed by atoms with van der Waals surface area (Å²) in [4.78, 5) is 26.2. The highest BCUT2D eigenvalue weighted by Gasteiger charge is 2.35. The molecule has 170 valence electrons. The van der Waals surface area contributed by atoms with Gasteiger partial charge in [-0.2, -0.15) is 0 Å². The SMILES string of the molecule is O=C(O)CCCC/C=C(\COc1ccc2ccccc2c1)C(=O)NC1CCN(C2CC2)C1. The summed E-state index contributed by atoms with van der Waals surface area (Å²) in [6.45, 7) is 2.17. The Morgan fingerprint density at radius 2 is 1.91 bits per heavy atom. The minimum Gasteiger partial charge on any atom is -0.489 e. The van der Waals surface area contributed by atoms with Crippen molar-refractivity contribution in [1.82, 2.24) is 10.2 Å². The zero-order chi connectivity index (χ0) is 22.3. The van der Waals surface area contributed by atoms with E-state index < -0.39 is 5.97 Å². The summed E-state index contributed by atoms with van der Waals surface area (Å²) in [6.07, 6.45) is 7.61. The first-order valence-electron chi connectivity index (χ1n) is 11.7. The third-order valence-corrected chi connectivity index (χ3v) is 6.26. The molecule has 2 aliphatic rings. The molecule has 1 aliphatic heterocycles. The predicted molar refractivity (Wildman–Crippen MR) is 125 cm³/mol. The number of carboxylic acid groups (broad SMARTS) is 1. The normalized spacial score (nSPS) is 19.2.